The second-order valence-electron chi connectivity index (χ2n) is 5.29. The van der Waals surface area contributed by atoms with E-state index in [2.05, 4.69) is 16.5 Å². The smallest absolute Gasteiger partial charge is 0.340 e. The molecule has 0 atom stereocenters. The van der Waals surface area contributed by atoms with Crippen LogP contribution in [0.5, 0.6) is 0 Å². The Balaban J connectivity index is 2.14. The summed E-state index contributed by atoms with van der Waals surface area (Å²) >= 11 is 0. The van der Waals surface area contributed by atoms with Crippen LogP contribution in [0.4, 0.5) is 0 Å². The van der Waals surface area contributed by atoms with Crippen molar-refractivity contribution in [1.82, 2.24) is 4.40 Å². The Bertz CT molecular complexity index is 803. The van der Waals surface area contributed by atoms with Crippen molar-refractivity contribution in [2.75, 3.05) is 6.61 Å². The third kappa shape index (κ3) is 2.50. The fourth-order valence-corrected chi connectivity index (χ4v) is 2.87. The van der Waals surface area contributed by atoms with Crippen molar-refractivity contribution >= 4 is 11.5 Å². The molecule has 0 aliphatic rings. The van der Waals surface area contributed by atoms with Gasteiger partial charge in [-0.3, -0.25) is 0 Å². The highest BCUT2D eigenvalue weighted by Gasteiger charge is 2.21. The molecule has 0 fully saturated rings. The first-order valence-electron chi connectivity index (χ1n) is 7.52. The first-order chi connectivity index (χ1) is 10.7. The summed E-state index contributed by atoms with van der Waals surface area (Å²) in [5.74, 6) is -0.247. The van der Waals surface area contributed by atoms with Crippen LogP contribution in [0.25, 0.3) is 5.52 Å². The van der Waals surface area contributed by atoms with E-state index in [4.69, 9.17) is 4.74 Å². The summed E-state index contributed by atoms with van der Waals surface area (Å²) < 4.78 is 7.32. The fraction of sp³-hybridized carbons (Fsp3) is 0.211. The van der Waals surface area contributed by atoms with Crippen LogP contribution in [-0.2, 0) is 11.2 Å². The van der Waals surface area contributed by atoms with Gasteiger partial charge in [0.25, 0.3) is 0 Å². The van der Waals surface area contributed by atoms with E-state index < -0.39 is 0 Å². The van der Waals surface area contributed by atoms with E-state index in [0.717, 1.165) is 23.2 Å². The van der Waals surface area contributed by atoms with Crippen LogP contribution in [0.3, 0.4) is 0 Å². The van der Waals surface area contributed by atoms with Crippen molar-refractivity contribution in [2.45, 2.75) is 20.3 Å². The number of fused-ring (bicyclic) bond motifs is 1. The standard InChI is InChI=1S/C19H19NO2/c1-3-22-19(21)18-14(2)17(13-15-9-5-4-6-10-15)20-12-8-7-11-16(18)20/h4-12H,3,13H2,1-2H3. The van der Waals surface area contributed by atoms with Crippen molar-refractivity contribution < 1.29 is 9.53 Å². The van der Waals surface area contributed by atoms with E-state index in [0.29, 0.717) is 12.2 Å². The van der Waals surface area contributed by atoms with Crippen LogP contribution < -0.4 is 0 Å². The van der Waals surface area contributed by atoms with Gasteiger partial charge in [-0.25, -0.2) is 4.79 Å². The number of hydrogen-bond acceptors (Lipinski definition) is 2. The van der Waals surface area contributed by atoms with E-state index >= 15 is 0 Å². The summed E-state index contributed by atoms with van der Waals surface area (Å²) in [6.07, 6.45) is 2.79. The van der Waals surface area contributed by atoms with Gasteiger partial charge in [-0.2, -0.15) is 0 Å². The maximum atomic E-state index is 12.3. The van der Waals surface area contributed by atoms with Crippen molar-refractivity contribution in [3.05, 3.63) is 77.1 Å². The lowest BCUT2D eigenvalue weighted by Crippen LogP contribution is -2.05. The van der Waals surface area contributed by atoms with E-state index in [9.17, 15) is 4.79 Å². The predicted octanol–water partition coefficient (Wildman–Crippen LogP) is 4.02. The first kappa shape index (κ1) is 14.4. The van der Waals surface area contributed by atoms with Gasteiger partial charge in [0.2, 0.25) is 0 Å². The van der Waals surface area contributed by atoms with Crippen LogP contribution in [0.1, 0.15) is 34.1 Å². The molecule has 2 aromatic heterocycles. The molecule has 3 nitrogen and oxygen atoms in total. The van der Waals surface area contributed by atoms with Crippen molar-refractivity contribution in [1.29, 1.82) is 0 Å². The molecule has 22 heavy (non-hydrogen) atoms. The summed E-state index contributed by atoms with van der Waals surface area (Å²) in [5, 5.41) is 0. The molecule has 0 spiro atoms. The zero-order valence-corrected chi connectivity index (χ0v) is 12.9. The minimum Gasteiger partial charge on any atom is -0.462 e. The molecule has 112 valence electrons. The number of carbonyl (C=O) groups excluding carboxylic acids is 1. The Morgan fingerprint density at radius 1 is 1.09 bits per heavy atom. The zero-order valence-electron chi connectivity index (χ0n) is 12.9. The highest BCUT2D eigenvalue weighted by molar-refractivity contribution is 5.99. The summed E-state index contributed by atoms with van der Waals surface area (Å²) in [5.41, 5.74) is 4.93. The lowest BCUT2D eigenvalue weighted by molar-refractivity contribution is 0.0528. The monoisotopic (exact) mass is 293 g/mol. The van der Waals surface area contributed by atoms with Gasteiger partial charge in [0, 0.05) is 18.3 Å². The summed E-state index contributed by atoms with van der Waals surface area (Å²) in [4.78, 5) is 12.3. The molecule has 0 aliphatic heterocycles. The number of hydrogen-bond donors (Lipinski definition) is 0. The number of benzene rings is 1. The van der Waals surface area contributed by atoms with E-state index in [1.807, 2.05) is 56.4 Å². The van der Waals surface area contributed by atoms with Gasteiger partial charge in [-0.15, -0.1) is 0 Å². The number of carbonyl (C=O) groups is 1. The Kier molecular flexibility index (Phi) is 3.96. The quantitative estimate of drug-likeness (QED) is 0.680. The predicted molar refractivity (Wildman–Crippen MR) is 87.3 cm³/mol. The molecule has 0 amide bonds. The van der Waals surface area contributed by atoms with Crippen LogP contribution in [0, 0.1) is 6.92 Å². The molecule has 3 aromatic rings. The van der Waals surface area contributed by atoms with Crippen molar-refractivity contribution in [3.8, 4) is 0 Å². The highest BCUT2D eigenvalue weighted by Crippen LogP contribution is 2.26. The van der Waals surface area contributed by atoms with E-state index in [1.165, 1.54) is 5.56 Å². The largest absolute Gasteiger partial charge is 0.462 e. The van der Waals surface area contributed by atoms with E-state index in [-0.39, 0.29) is 5.97 Å². The Labute approximate surface area is 130 Å². The van der Waals surface area contributed by atoms with Gasteiger partial charge in [-0.05, 0) is 37.1 Å². The van der Waals surface area contributed by atoms with Crippen molar-refractivity contribution in [3.63, 3.8) is 0 Å². The number of nitrogens with zero attached hydrogens (tertiary/aromatic N) is 1. The lowest BCUT2D eigenvalue weighted by Gasteiger charge is -2.04. The maximum absolute atomic E-state index is 12.3. The molecular formula is C19H19NO2. The molecule has 0 unspecified atom stereocenters. The summed E-state index contributed by atoms with van der Waals surface area (Å²) in [6, 6.07) is 16.2. The minimum absolute atomic E-state index is 0.247. The molecule has 0 N–H and O–H groups in total. The number of aromatic nitrogens is 1. The maximum Gasteiger partial charge on any atom is 0.340 e. The SMILES string of the molecule is CCOC(=O)c1c(C)c(Cc2ccccc2)n2ccccc12. The van der Waals surface area contributed by atoms with Crippen LogP contribution in [0.15, 0.2) is 54.7 Å². The molecule has 0 aliphatic carbocycles. The number of esters is 1. The fourth-order valence-electron chi connectivity index (χ4n) is 2.87. The number of ether oxygens (including phenoxy) is 1. The molecule has 3 heteroatoms. The molecule has 0 saturated carbocycles. The van der Waals surface area contributed by atoms with Crippen LogP contribution in [-0.4, -0.2) is 17.0 Å². The first-order valence-corrected chi connectivity index (χ1v) is 7.52. The Hall–Kier alpha value is -2.55. The molecule has 0 saturated heterocycles. The molecule has 3 rings (SSSR count). The number of rotatable bonds is 4. The van der Waals surface area contributed by atoms with Gasteiger partial charge in [0.15, 0.2) is 0 Å². The summed E-state index contributed by atoms with van der Waals surface area (Å²) in [6.45, 7) is 4.21. The molecule has 0 bridgehead atoms. The minimum atomic E-state index is -0.247. The highest BCUT2D eigenvalue weighted by atomic mass is 16.5. The molecule has 2 heterocycles. The normalized spacial score (nSPS) is 10.8. The van der Waals surface area contributed by atoms with E-state index in [1.54, 1.807) is 0 Å². The van der Waals surface area contributed by atoms with Crippen LogP contribution in [0.2, 0.25) is 0 Å². The second-order valence-corrected chi connectivity index (χ2v) is 5.29. The van der Waals surface area contributed by atoms with Gasteiger partial charge in [0.05, 0.1) is 17.7 Å². The van der Waals surface area contributed by atoms with Crippen molar-refractivity contribution in [2.24, 2.45) is 0 Å². The average molecular weight is 293 g/mol. The lowest BCUT2D eigenvalue weighted by atomic mass is 10.1. The van der Waals surface area contributed by atoms with Gasteiger partial charge >= 0.3 is 5.97 Å². The molecule has 1 aromatic carbocycles. The van der Waals surface area contributed by atoms with Gasteiger partial charge in [0.1, 0.15) is 0 Å². The Morgan fingerprint density at radius 3 is 2.55 bits per heavy atom. The third-order valence-corrected chi connectivity index (χ3v) is 3.91. The average Bonchev–Trinajstić information content (AvgIpc) is 2.81. The third-order valence-electron chi connectivity index (χ3n) is 3.91. The van der Waals surface area contributed by atoms with Gasteiger partial charge < -0.3 is 9.14 Å². The molecular weight excluding hydrogens is 274 g/mol. The Morgan fingerprint density at radius 2 is 1.82 bits per heavy atom. The second kappa shape index (κ2) is 6.06. The number of pyridine rings is 1. The van der Waals surface area contributed by atoms with Gasteiger partial charge in [-0.1, -0.05) is 36.4 Å². The topological polar surface area (TPSA) is 30.7 Å². The molecule has 0 radical (unpaired) electrons. The zero-order chi connectivity index (χ0) is 15.5. The summed E-state index contributed by atoms with van der Waals surface area (Å²) in [7, 11) is 0. The van der Waals surface area contributed by atoms with Crippen LogP contribution >= 0.6 is 0 Å².